The molecule has 0 aliphatic carbocycles. The molecule has 0 bridgehead atoms. The Labute approximate surface area is 78.8 Å². The Morgan fingerprint density at radius 2 is 1.85 bits per heavy atom. The lowest BCUT2D eigenvalue weighted by Gasteiger charge is -2.30. The minimum Gasteiger partial charge on any atom is -0.351 e. The van der Waals surface area contributed by atoms with Gasteiger partial charge in [-0.2, -0.15) is 5.11 Å². The largest absolute Gasteiger partial charge is 0.351 e. The molecule has 0 amide bonds. The molecular formula is C8H18NO4. The van der Waals surface area contributed by atoms with E-state index in [4.69, 9.17) is 19.9 Å². The molecule has 79 valence electrons. The van der Waals surface area contributed by atoms with E-state index in [1.807, 2.05) is 0 Å². The van der Waals surface area contributed by atoms with Crippen molar-refractivity contribution in [2.75, 3.05) is 27.9 Å². The second kappa shape index (κ2) is 6.28. The summed E-state index contributed by atoms with van der Waals surface area (Å²) in [5.74, 6) is -1.66. The zero-order valence-corrected chi connectivity index (χ0v) is 8.41. The fourth-order valence-electron chi connectivity index (χ4n) is 1.12. The summed E-state index contributed by atoms with van der Waals surface area (Å²) in [6.07, 6.45) is -0.0450. The van der Waals surface area contributed by atoms with E-state index in [2.05, 4.69) is 0 Å². The van der Waals surface area contributed by atoms with E-state index in [9.17, 15) is 5.11 Å². The third kappa shape index (κ3) is 3.58. The van der Waals surface area contributed by atoms with Gasteiger partial charge in [-0.1, -0.05) is 0 Å². The molecule has 2 N–H and O–H groups in total. The maximum Gasteiger partial charge on any atom is 0.253 e. The number of methoxy groups -OCH3 is 3. The summed E-state index contributed by atoms with van der Waals surface area (Å²) in [7, 11) is 4.15. The van der Waals surface area contributed by atoms with Crippen molar-refractivity contribution in [1.82, 2.24) is 0 Å². The van der Waals surface area contributed by atoms with Crippen LogP contribution in [0.15, 0.2) is 0 Å². The zero-order valence-electron chi connectivity index (χ0n) is 8.41. The maximum atomic E-state index is 11.9. The number of rotatable bonds is 7. The van der Waals surface area contributed by atoms with Crippen molar-refractivity contribution in [2.24, 2.45) is 5.73 Å². The van der Waals surface area contributed by atoms with Crippen LogP contribution in [0.25, 0.3) is 0 Å². The van der Waals surface area contributed by atoms with Crippen LogP contribution in [0, 0.1) is 0 Å². The van der Waals surface area contributed by atoms with Gasteiger partial charge in [0.05, 0.1) is 0 Å². The van der Waals surface area contributed by atoms with Gasteiger partial charge in [-0.05, 0) is 13.0 Å². The van der Waals surface area contributed by atoms with Crippen LogP contribution in [-0.4, -0.2) is 40.0 Å². The van der Waals surface area contributed by atoms with Crippen molar-refractivity contribution in [1.29, 1.82) is 0 Å². The molecule has 0 fully saturated rings. The van der Waals surface area contributed by atoms with E-state index in [1.165, 1.54) is 21.3 Å². The summed E-state index contributed by atoms with van der Waals surface area (Å²) >= 11 is 0. The fourth-order valence-corrected chi connectivity index (χ4v) is 1.12. The van der Waals surface area contributed by atoms with Crippen molar-refractivity contribution >= 4 is 0 Å². The summed E-state index contributed by atoms with van der Waals surface area (Å²) in [5.41, 5.74) is 5.30. The number of nitrogens with two attached hydrogens (primary N) is 1. The van der Waals surface area contributed by atoms with E-state index in [-0.39, 0.29) is 6.42 Å². The highest BCUT2D eigenvalue weighted by molar-refractivity contribution is 4.71. The summed E-state index contributed by atoms with van der Waals surface area (Å²) < 4.78 is 14.5. The fraction of sp³-hybridized carbons (Fsp3) is 1.00. The smallest absolute Gasteiger partial charge is 0.253 e. The van der Waals surface area contributed by atoms with Crippen LogP contribution >= 0.6 is 0 Å². The first kappa shape index (κ1) is 12.8. The molecular weight excluding hydrogens is 174 g/mol. The van der Waals surface area contributed by atoms with Gasteiger partial charge in [-0.15, -0.1) is 0 Å². The van der Waals surface area contributed by atoms with Crippen molar-refractivity contribution in [3.05, 3.63) is 0 Å². The third-order valence-electron chi connectivity index (χ3n) is 1.86. The maximum absolute atomic E-state index is 11.9. The zero-order chi connectivity index (χ0) is 10.3. The Kier molecular flexibility index (Phi) is 6.19. The number of hydrogen-bond acceptors (Lipinski definition) is 4. The highest BCUT2D eigenvalue weighted by atomic mass is 16.7. The SMILES string of the molecule is COC(OC)C([O])(CCCN)OC. The van der Waals surface area contributed by atoms with Crippen LogP contribution in [0.1, 0.15) is 12.8 Å². The molecule has 0 heterocycles. The first-order valence-corrected chi connectivity index (χ1v) is 4.15. The van der Waals surface area contributed by atoms with Gasteiger partial charge in [-0.25, -0.2) is 0 Å². The Morgan fingerprint density at radius 1 is 1.31 bits per heavy atom. The van der Waals surface area contributed by atoms with Crippen molar-refractivity contribution < 1.29 is 19.3 Å². The Bertz CT molecular complexity index is 129. The van der Waals surface area contributed by atoms with Crippen molar-refractivity contribution in [3.63, 3.8) is 0 Å². The molecule has 0 aromatic heterocycles. The van der Waals surface area contributed by atoms with Gasteiger partial charge in [0.25, 0.3) is 5.79 Å². The van der Waals surface area contributed by atoms with Gasteiger partial charge < -0.3 is 19.9 Å². The predicted octanol–water partition coefficient (Wildman–Crippen LogP) is 0.117. The first-order valence-electron chi connectivity index (χ1n) is 4.15. The lowest BCUT2D eigenvalue weighted by molar-refractivity contribution is -0.342. The van der Waals surface area contributed by atoms with Gasteiger partial charge >= 0.3 is 0 Å². The van der Waals surface area contributed by atoms with E-state index < -0.39 is 12.1 Å². The monoisotopic (exact) mass is 192 g/mol. The predicted molar refractivity (Wildman–Crippen MR) is 46.5 cm³/mol. The van der Waals surface area contributed by atoms with Crippen molar-refractivity contribution in [3.8, 4) is 0 Å². The molecule has 0 rings (SSSR count). The molecule has 0 aromatic carbocycles. The lowest BCUT2D eigenvalue weighted by Crippen LogP contribution is -2.45. The molecule has 1 unspecified atom stereocenters. The van der Waals surface area contributed by atoms with Crippen LogP contribution in [0.3, 0.4) is 0 Å². The van der Waals surface area contributed by atoms with Crippen LogP contribution in [0.4, 0.5) is 0 Å². The minimum absolute atomic E-state index is 0.270. The molecule has 0 spiro atoms. The molecule has 1 radical (unpaired) electrons. The summed E-state index contributed by atoms with van der Waals surface area (Å²) in [6, 6.07) is 0. The molecule has 0 aliphatic rings. The number of hydrogen-bond donors (Lipinski definition) is 1. The topological polar surface area (TPSA) is 73.6 Å². The average Bonchev–Trinajstić information content (AvgIpc) is 2.16. The molecule has 0 saturated carbocycles. The second-order valence-electron chi connectivity index (χ2n) is 2.71. The third-order valence-corrected chi connectivity index (χ3v) is 1.86. The molecule has 13 heavy (non-hydrogen) atoms. The van der Waals surface area contributed by atoms with Gasteiger partial charge in [0, 0.05) is 27.8 Å². The standard InChI is InChI=1S/C8H18NO4/c1-11-7(12-2)8(10,13-3)5-4-6-9/h7H,4-6,9H2,1-3H3. The van der Waals surface area contributed by atoms with E-state index in [0.29, 0.717) is 13.0 Å². The lowest BCUT2D eigenvalue weighted by atomic mass is 10.1. The normalized spacial score (nSPS) is 16.2. The molecule has 0 aliphatic heterocycles. The van der Waals surface area contributed by atoms with Crippen LogP contribution in [0.5, 0.6) is 0 Å². The molecule has 0 aromatic rings. The molecule has 0 saturated heterocycles. The first-order chi connectivity index (χ1) is 6.14. The second-order valence-corrected chi connectivity index (χ2v) is 2.71. The number of ether oxygens (including phenoxy) is 3. The van der Waals surface area contributed by atoms with E-state index in [1.54, 1.807) is 0 Å². The summed E-state index contributed by atoms with van der Waals surface area (Å²) in [6.45, 7) is 0.452. The van der Waals surface area contributed by atoms with Crippen LogP contribution < -0.4 is 5.73 Å². The Balaban J connectivity index is 4.21. The highest BCUT2D eigenvalue weighted by Gasteiger charge is 2.39. The Hall–Kier alpha value is -0.200. The molecule has 5 heteroatoms. The quantitative estimate of drug-likeness (QED) is 0.581. The van der Waals surface area contributed by atoms with Gasteiger partial charge in [0.1, 0.15) is 0 Å². The molecule has 5 nitrogen and oxygen atoms in total. The average molecular weight is 192 g/mol. The van der Waals surface area contributed by atoms with Gasteiger partial charge in [0.15, 0.2) is 0 Å². The molecule has 1 atom stereocenters. The van der Waals surface area contributed by atoms with Crippen LogP contribution in [0.2, 0.25) is 0 Å². The summed E-state index contributed by atoms with van der Waals surface area (Å²) in [5, 5.41) is 11.9. The van der Waals surface area contributed by atoms with Crippen molar-refractivity contribution in [2.45, 2.75) is 24.9 Å². The highest BCUT2D eigenvalue weighted by Crippen LogP contribution is 2.21. The Morgan fingerprint density at radius 3 is 2.15 bits per heavy atom. The van der Waals surface area contributed by atoms with Crippen LogP contribution in [-0.2, 0) is 19.3 Å². The van der Waals surface area contributed by atoms with Gasteiger partial charge in [-0.3, -0.25) is 0 Å². The van der Waals surface area contributed by atoms with E-state index >= 15 is 0 Å². The van der Waals surface area contributed by atoms with E-state index in [0.717, 1.165) is 0 Å². The van der Waals surface area contributed by atoms with Gasteiger partial charge in [0.2, 0.25) is 6.29 Å². The summed E-state index contributed by atoms with van der Waals surface area (Å²) in [4.78, 5) is 0. The minimum atomic E-state index is -1.66.